The smallest absolute Gasteiger partial charge is 0.343 e. The number of carbonyl (C=O) groups is 2. The maximum absolute atomic E-state index is 13.5. The van der Waals surface area contributed by atoms with Crippen LogP contribution in [-0.2, 0) is 15.6 Å². The molecule has 6 heteroatoms. The van der Waals surface area contributed by atoms with Crippen LogP contribution < -0.4 is 4.74 Å². The largest absolute Gasteiger partial charge is 0.455 e. The molecule has 3 aromatic carbocycles. The van der Waals surface area contributed by atoms with E-state index < -0.39 is 8.32 Å². The van der Waals surface area contributed by atoms with Crippen molar-refractivity contribution >= 4 is 20.3 Å². The summed E-state index contributed by atoms with van der Waals surface area (Å²) in [6.07, 6.45) is 4.56. The Morgan fingerprint density at radius 1 is 0.864 bits per heavy atom. The molecule has 6 atom stereocenters. The van der Waals surface area contributed by atoms with E-state index in [2.05, 4.69) is 52.9 Å². The molecule has 6 rings (SSSR count). The van der Waals surface area contributed by atoms with Gasteiger partial charge in [0.1, 0.15) is 11.9 Å². The summed E-state index contributed by atoms with van der Waals surface area (Å²) in [6, 6.07) is 24.7. The van der Waals surface area contributed by atoms with Crippen LogP contribution in [0.5, 0.6) is 5.75 Å². The molecule has 0 unspecified atom stereocenters. The second-order valence-electron chi connectivity index (χ2n) is 14.9. The molecule has 0 aromatic heterocycles. The Morgan fingerprint density at radius 2 is 1.50 bits per heavy atom. The van der Waals surface area contributed by atoms with Gasteiger partial charge >= 0.3 is 11.9 Å². The zero-order chi connectivity index (χ0) is 31.3. The Bertz CT molecular complexity index is 1510. The first kappa shape index (κ1) is 30.8. The summed E-state index contributed by atoms with van der Waals surface area (Å²) in [7, 11) is -2.12. The summed E-state index contributed by atoms with van der Waals surface area (Å²) in [5.41, 5.74) is 3.66. The molecule has 0 aliphatic heterocycles. The normalized spacial score (nSPS) is 27.9. The molecule has 232 valence electrons. The van der Waals surface area contributed by atoms with Crippen molar-refractivity contribution in [1.29, 1.82) is 0 Å². The first-order chi connectivity index (χ1) is 20.9. The van der Waals surface area contributed by atoms with Crippen molar-refractivity contribution in [3.8, 4) is 5.75 Å². The van der Waals surface area contributed by atoms with Gasteiger partial charge in [0.2, 0.25) is 0 Å². The Kier molecular flexibility index (Phi) is 8.12. The van der Waals surface area contributed by atoms with E-state index in [0.717, 1.165) is 32.1 Å². The van der Waals surface area contributed by atoms with Crippen LogP contribution in [0.15, 0.2) is 78.9 Å². The predicted octanol–water partition coefficient (Wildman–Crippen LogP) is 8.99. The Balaban J connectivity index is 1.26. The fraction of sp³-hybridized carbons (Fsp3) is 0.474. The van der Waals surface area contributed by atoms with Crippen molar-refractivity contribution in [2.24, 2.45) is 17.3 Å². The molecule has 3 aliphatic rings. The lowest BCUT2D eigenvalue weighted by atomic mass is 9.55. The standard InChI is InChI=1S/C38H46O5Si/c1-37(2,3)44(5,6)43-33-24-32-31-19-17-27-23-28(41-35(39)25-13-9-7-10-14-25)18-20-29(27)30(31)21-22-38(32,4)34(33)42-36(40)26-15-11-8-12-16-26/h7-16,18,20,23,30-34H,17,19,21-22,24H2,1-6H3/t30-,31-,32+,33-,34+,38+/m1/s1. The van der Waals surface area contributed by atoms with Crippen molar-refractivity contribution in [3.05, 3.63) is 101 Å². The van der Waals surface area contributed by atoms with E-state index in [-0.39, 0.29) is 34.6 Å². The summed E-state index contributed by atoms with van der Waals surface area (Å²) in [5, 5.41) is 0.0592. The lowest BCUT2D eigenvalue weighted by Crippen LogP contribution is -2.50. The van der Waals surface area contributed by atoms with Crippen molar-refractivity contribution < 1.29 is 23.5 Å². The summed E-state index contributed by atoms with van der Waals surface area (Å²) < 4.78 is 19.4. The average molecular weight is 611 g/mol. The van der Waals surface area contributed by atoms with Gasteiger partial charge in [0.25, 0.3) is 0 Å². The van der Waals surface area contributed by atoms with E-state index >= 15 is 0 Å². The third-order valence-corrected chi connectivity index (χ3v) is 15.8. The third kappa shape index (κ3) is 5.67. The maximum atomic E-state index is 13.5. The molecule has 2 saturated carbocycles. The minimum atomic E-state index is -2.12. The van der Waals surface area contributed by atoms with Crippen LogP contribution in [0.25, 0.3) is 0 Å². The van der Waals surface area contributed by atoms with E-state index in [1.807, 2.05) is 54.6 Å². The topological polar surface area (TPSA) is 61.8 Å². The second-order valence-corrected chi connectivity index (χ2v) is 19.7. The van der Waals surface area contributed by atoms with Crippen molar-refractivity contribution in [2.45, 2.75) is 96.1 Å². The van der Waals surface area contributed by atoms with Crippen LogP contribution >= 0.6 is 0 Å². The first-order valence-electron chi connectivity index (χ1n) is 16.2. The van der Waals surface area contributed by atoms with E-state index in [1.165, 1.54) is 11.1 Å². The molecule has 44 heavy (non-hydrogen) atoms. The van der Waals surface area contributed by atoms with Crippen LogP contribution in [0.3, 0.4) is 0 Å². The summed E-state index contributed by atoms with van der Waals surface area (Å²) in [4.78, 5) is 26.2. The molecule has 0 heterocycles. The van der Waals surface area contributed by atoms with E-state index in [1.54, 1.807) is 12.1 Å². The molecule has 3 aliphatic carbocycles. The van der Waals surface area contributed by atoms with Gasteiger partial charge in [-0.05, 0) is 116 Å². The van der Waals surface area contributed by atoms with E-state index in [9.17, 15) is 9.59 Å². The Morgan fingerprint density at radius 3 is 2.14 bits per heavy atom. The van der Waals surface area contributed by atoms with Crippen molar-refractivity contribution in [2.75, 3.05) is 0 Å². The van der Waals surface area contributed by atoms with Crippen molar-refractivity contribution in [1.82, 2.24) is 0 Å². The Hall–Kier alpha value is -3.22. The zero-order valence-electron chi connectivity index (χ0n) is 27.0. The molecule has 2 fully saturated rings. The number of fused-ring (bicyclic) bond motifs is 5. The number of hydrogen-bond donors (Lipinski definition) is 0. The number of benzene rings is 3. The molecule has 0 spiro atoms. The molecule has 0 bridgehead atoms. The maximum Gasteiger partial charge on any atom is 0.343 e. The van der Waals surface area contributed by atoms with Gasteiger partial charge in [-0.3, -0.25) is 0 Å². The lowest BCUT2D eigenvalue weighted by Gasteiger charge is -2.50. The number of ether oxygens (including phenoxy) is 2. The zero-order valence-corrected chi connectivity index (χ0v) is 28.0. The predicted molar refractivity (Wildman–Crippen MR) is 176 cm³/mol. The summed E-state index contributed by atoms with van der Waals surface area (Å²) in [5.74, 6) is 1.34. The highest BCUT2D eigenvalue weighted by atomic mass is 28.4. The molecule has 0 amide bonds. The summed E-state index contributed by atoms with van der Waals surface area (Å²) in [6.45, 7) is 13.8. The van der Waals surface area contributed by atoms with Crippen LogP contribution in [0.4, 0.5) is 0 Å². The highest BCUT2D eigenvalue weighted by Crippen LogP contribution is 2.62. The van der Waals surface area contributed by atoms with Gasteiger partial charge in [-0.2, -0.15) is 0 Å². The lowest BCUT2D eigenvalue weighted by molar-refractivity contribution is -0.0651. The fourth-order valence-electron chi connectivity index (χ4n) is 7.94. The SMILES string of the molecule is CC(C)(C)[Si](C)(C)O[C@@H]1C[C@H]2[C@@H]3CCc4cc(OC(=O)c5ccccc5)ccc4[C@H]3CC[C@]2(C)[C@H]1OC(=O)c1ccccc1. The second kappa shape index (κ2) is 11.6. The van der Waals surface area contributed by atoms with Gasteiger partial charge < -0.3 is 13.9 Å². The Labute approximate surface area is 263 Å². The molecule has 0 radical (unpaired) electrons. The third-order valence-electron chi connectivity index (χ3n) is 11.3. The van der Waals surface area contributed by atoms with Gasteiger partial charge in [-0.25, -0.2) is 9.59 Å². The fourth-order valence-corrected chi connectivity index (χ4v) is 9.27. The van der Waals surface area contributed by atoms with Crippen LogP contribution in [-0.4, -0.2) is 32.5 Å². The molecule has 3 aromatic rings. The van der Waals surface area contributed by atoms with Gasteiger partial charge in [0, 0.05) is 5.41 Å². The van der Waals surface area contributed by atoms with Crippen LogP contribution in [0, 0.1) is 17.3 Å². The van der Waals surface area contributed by atoms with E-state index in [0.29, 0.717) is 34.6 Å². The molecule has 0 N–H and O–H groups in total. The number of aryl methyl sites for hydroxylation is 1. The van der Waals surface area contributed by atoms with Gasteiger partial charge in [-0.1, -0.05) is 70.2 Å². The quantitative estimate of drug-likeness (QED) is 0.158. The molecular weight excluding hydrogens is 564 g/mol. The van der Waals surface area contributed by atoms with Gasteiger partial charge in [0.05, 0.1) is 17.2 Å². The number of rotatable bonds is 6. The number of esters is 2. The monoisotopic (exact) mass is 610 g/mol. The highest BCUT2D eigenvalue weighted by molar-refractivity contribution is 6.74. The molecular formula is C38H46O5Si. The van der Waals surface area contributed by atoms with Crippen LogP contribution in [0.2, 0.25) is 18.1 Å². The average Bonchev–Trinajstić information content (AvgIpc) is 3.27. The number of carbonyl (C=O) groups excluding carboxylic acids is 2. The van der Waals surface area contributed by atoms with Gasteiger partial charge in [-0.15, -0.1) is 0 Å². The molecule has 0 saturated heterocycles. The van der Waals surface area contributed by atoms with Gasteiger partial charge in [0.15, 0.2) is 8.32 Å². The minimum Gasteiger partial charge on any atom is -0.455 e. The van der Waals surface area contributed by atoms with Crippen molar-refractivity contribution in [3.63, 3.8) is 0 Å². The van der Waals surface area contributed by atoms with Crippen LogP contribution in [0.1, 0.15) is 91.1 Å². The first-order valence-corrected chi connectivity index (χ1v) is 19.1. The minimum absolute atomic E-state index is 0.0592. The summed E-state index contributed by atoms with van der Waals surface area (Å²) >= 11 is 0. The molecule has 5 nitrogen and oxygen atoms in total. The van der Waals surface area contributed by atoms with E-state index in [4.69, 9.17) is 13.9 Å². The number of hydrogen-bond acceptors (Lipinski definition) is 5. The highest BCUT2D eigenvalue weighted by Gasteiger charge is 2.61.